The second kappa shape index (κ2) is 32.5. The van der Waals surface area contributed by atoms with Crippen LogP contribution in [0.4, 0.5) is 9.59 Å². The van der Waals surface area contributed by atoms with E-state index in [9.17, 15) is 36.9 Å². The van der Waals surface area contributed by atoms with E-state index < -0.39 is 20.0 Å². The van der Waals surface area contributed by atoms with Crippen molar-refractivity contribution in [3.05, 3.63) is 116 Å². The molecule has 4 heterocycles. The number of hydrogen-bond acceptors (Lipinski definition) is 18. The van der Waals surface area contributed by atoms with Gasteiger partial charge in [0.05, 0.1) is 71.6 Å². The molecule has 0 radical (unpaired) electrons. The lowest BCUT2D eigenvalue weighted by molar-refractivity contribution is 0.0594. The van der Waals surface area contributed by atoms with Crippen LogP contribution in [0.15, 0.2) is 82.6 Å². The van der Waals surface area contributed by atoms with E-state index in [0.717, 1.165) is 61.5 Å². The van der Waals surface area contributed by atoms with Crippen LogP contribution >= 0.6 is 23.2 Å². The number of nitrogens with zero attached hydrogens (tertiary/aromatic N) is 6. The third kappa shape index (κ3) is 18.5. The number of urea groups is 2. The summed E-state index contributed by atoms with van der Waals surface area (Å²) in [4.78, 5) is 34.0. The number of benzene rings is 4. The second-order valence-electron chi connectivity index (χ2n) is 24.6. The molecule has 8 atom stereocenters. The molecule has 2 aliphatic carbocycles. The van der Waals surface area contributed by atoms with Crippen LogP contribution in [-0.2, 0) is 42.4 Å². The smallest absolute Gasteiger partial charge is 0.314 e. The van der Waals surface area contributed by atoms with Crippen molar-refractivity contribution in [3.8, 4) is 23.6 Å². The fourth-order valence-electron chi connectivity index (χ4n) is 13.3. The average molecular weight is 1350 g/mol. The SMILES string of the molecule is C[C@@H]1CN([C@H]2Cc3c(C#N)cc(Cl)cc3[C@@H]2Oc2ccc(S(=O)(=O)N[C@H]3CCN(CCOCCNC(=O)NCCCCNC(=O)NCCOCCN4CC[C@@H](NS(=O)(=O)c5ccc(O[C@H]6c7cc(Cl)cc(C#N)c7C[C@@H]6N6CCN[C@@H](C)C6)cc5)C4)C3)cc2)CCN1. The Morgan fingerprint density at radius 2 is 0.967 bits per heavy atom. The maximum atomic E-state index is 13.5. The number of carbonyl (C=O) groups is 2. The highest BCUT2D eigenvalue weighted by Crippen LogP contribution is 2.43. The number of nitriles is 2. The lowest BCUT2D eigenvalue weighted by Crippen LogP contribution is -2.54. The monoisotopic (exact) mass is 1340 g/mol. The molecule has 24 nitrogen and oxygen atoms in total. The molecule has 4 aromatic rings. The summed E-state index contributed by atoms with van der Waals surface area (Å²) < 4.78 is 84.5. The zero-order valence-corrected chi connectivity index (χ0v) is 55.4. The minimum Gasteiger partial charge on any atom is -0.484 e. The number of halogens is 2. The van der Waals surface area contributed by atoms with Gasteiger partial charge in [0.1, 0.15) is 23.7 Å². The van der Waals surface area contributed by atoms with Crippen molar-refractivity contribution in [1.29, 1.82) is 10.5 Å². The van der Waals surface area contributed by atoms with Gasteiger partial charge in [0, 0.05) is 126 Å². The van der Waals surface area contributed by atoms with Crippen molar-refractivity contribution in [1.82, 2.24) is 60.9 Å². The molecule has 0 saturated carbocycles. The van der Waals surface area contributed by atoms with Gasteiger partial charge in [-0.15, -0.1) is 0 Å². The molecule has 0 bridgehead atoms. The quantitative estimate of drug-likeness (QED) is 0.0353. The fraction of sp³-hybridized carbons (Fsp3) is 0.562. The van der Waals surface area contributed by atoms with Gasteiger partial charge >= 0.3 is 12.1 Å². The van der Waals surface area contributed by atoms with Crippen molar-refractivity contribution in [3.63, 3.8) is 0 Å². The number of nitrogens with one attached hydrogen (secondary N) is 8. The van der Waals surface area contributed by atoms with Crippen molar-refractivity contribution in [2.45, 2.75) is 111 Å². The number of ether oxygens (including phenoxy) is 4. The highest BCUT2D eigenvalue weighted by Gasteiger charge is 2.43. The Morgan fingerprint density at radius 1 is 0.565 bits per heavy atom. The Hall–Kier alpha value is -5.92. The molecule has 10 rings (SSSR count). The first kappa shape index (κ1) is 68.9. The average Bonchev–Trinajstić information content (AvgIpc) is 1.64. The van der Waals surface area contributed by atoms with Crippen LogP contribution in [0, 0.1) is 22.7 Å². The van der Waals surface area contributed by atoms with E-state index in [-0.39, 0.29) is 58.2 Å². The van der Waals surface area contributed by atoms with Crippen LogP contribution in [0.1, 0.15) is 85.1 Å². The fourth-order valence-corrected chi connectivity index (χ4v) is 16.3. The van der Waals surface area contributed by atoms with Crippen molar-refractivity contribution in [2.24, 2.45) is 0 Å². The zero-order chi connectivity index (χ0) is 64.8. The molecule has 0 spiro atoms. The molecule has 4 fully saturated rings. The van der Waals surface area contributed by atoms with E-state index in [2.05, 4.69) is 86.9 Å². The first-order valence-corrected chi connectivity index (χ1v) is 35.8. The highest BCUT2D eigenvalue weighted by atomic mass is 35.5. The molecule has 92 heavy (non-hydrogen) atoms. The predicted octanol–water partition coefficient (Wildman–Crippen LogP) is 4.23. The molecule has 4 saturated heterocycles. The number of carbonyl (C=O) groups excluding carboxylic acids is 2. The maximum absolute atomic E-state index is 13.5. The van der Waals surface area contributed by atoms with Crippen LogP contribution in [0.3, 0.4) is 0 Å². The first-order valence-electron chi connectivity index (χ1n) is 32.0. The summed E-state index contributed by atoms with van der Waals surface area (Å²) in [5.74, 6) is 1.05. The summed E-state index contributed by atoms with van der Waals surface area (Å²) in [5, 5.41) is 38.9. The van der Waals surface area contributed by atoms with E-state index in [0.29, 0.717) is 175 Å². The summed E-state index contributed by atoms with van der Waals surface area (Å²) in [5.41, 5.74) is 4.75. The summed E-state index contributed by atoms with van der Waals surface area (Å²) in [6.07, 6.45) is 3.18. The summed E-state index contributed by atoms with van der Waals surface area (Å²) >= 11 is 12.9. The van der Waals surface area contributed by atoms with E-state index in [4.69, 9.17) is 42.1 Å². The number of amides is 4. The van der Waals surface area contributed by atoms with Gasteiger partial charge in [-0.1, -0.05) is 23.2 Å². The number of unbranched alkanes of at least 4 members (excludes halogenated alkanes) is 1. The Bertz CT molecular complexity index is 3270. The zero-order valence-electron chi connectivity index (χ0n) is 52.3. The van der Waals surface area contributed by atoms with Gasteiger partial charge in [-0.2, -0.15) is 10.5 Å². The number of fused-ring (bicyclic) bond motifs is 2. The molecular formula is C64H86Cl2N14O10S2. The van der Waals surface area contributed by atoms with Gasteiger partial charge in [0.15, 0.2) is 0 Å². The van der Waals surface area contributed by atoms with Gasteiger partial charge in [-0.25, -0.2) is 35.9 Å². The van der Waals surface area contributed by atoms with Crippen LogP contribution in [-0.4, -0.2) is 216 Å². The van der Waals surface area contributed by atoms with Crippen LogP contribution in [0.25, 0.3) is 0 Å². The second-order valence-corrected chi connectivity index (χ2v) is 28.9. The molecular weight excluding hydrogens is 1260 g/mol. The summed E-state index contributed by atoms with van der Waals surface area (Å²) in [7, 11) is -7.62. The third-order valence-electron chi connectivity index (χ3n) is 17.9. The van der Waals surface area contributed by atoms with Crippen LogP contribution < -0.4 is 50.8 Å². The molecule has 28 heteroatoms. The molecule has 0 unspecified atom stereocenters. The molecule has 4 aromatic carbocycles. The standard InChI is InChI=1S/C64H86Cl2N14O10S2/c1-43-39-79(23-17-69-43)59-35-55-45(37-67)31-47(65)33-57(55)61(59)89-51-5-9-53(10-6-51)91(83,84)75-49-13-21-77(41-49)25-29-87-27-19-73-63(81)71-15-3-4-16-72-64(82)74-20-28-88-30-26-78-22-14-50(42-78)76-92(85,86)54-11-7-52(8-12-54)90-62-58-34-48(66)32-46(38-68)56(58)36-60(62)80-24-18-70-44(2)40-80/h5-12,31-34,43-44,49-50,59-62,69-70,75-76H,3-4,13-30,35-36,39-42H2,1-2H3,(H2,71,73,81)(H2,72,74,82)/t43-,44+,49+,50-,59-,60-,61-,62-/m0/s1. The summed E-state index contributed by atoms with van der Waals surface area (Å²) in [6.45, 7) is 16.1. The molecule has 4 aliphatic heterocycles. The molecule has 498 valence electrons. The Morgan fingerprint density at radius 3 is 1.36 bits per heavy atom. The van der Waals surface area contributed by atoms with Gasteiger partial charge in [0.2, 0.25) is 20.0 Å². The minimum atomic E-state index is -3.81. The normalized spacial score (nSPS) is 23.7. The molecule has 6 aliphatic rings. The van der Waals surface area contributed by atoms with Crippen molar-refractivity contribution in [2.75, 3.05) is 131 Å². The first-order chi connectivity index (χ1) is 44.4. The van der Waals surface area contributed by atoms with Gasteiger partial charge in [-0.05, 0) is 161 Å². The lowest BCUT2D eigenvalue weighted by Gasteiger charge is -2.38. The Labute approximate surface area is 550 Å². The van der Waals surface area contributed by atoms with Crippen molar-refractivity contribution >= 4 is 55.3 Å². The third-order valence-corrected chi connectivity index (χ3v) is 21.5. The Balaban J connectivity index is 0.525. The number of piperazine rings is 2. The van der Waals surface area contributed by atoms with E-state index in [1.807, 2.05) is 12.1 Å². The number of rotatable bonds is 29. The largest absolute Gasteiger partial charge is 0.484 e. The van der Waals surface area contributed by atoms with Gasteiger partial charge in [0.25, 0.3) is 0 Å². The van der Waals surface area contributed by atoms with Gasteiger partial charge < -0.3 is 50.8 Å². The minimum absolute atomic E-state index is 0.0108. The van der Waals surface area contributed by atoms with Crippen molar-refractivity contribution < 1.29 is 45.4 Å². The Kier molecular flexibility index (Phi) is 24.3. The van der Waals surface area contributed by atoms with Crippen LogP contribution in [0.2, 0.25) is 10.0 Å². The maximum Gasteiger partial charge on any atom is 0.314 e. The lowest BCUT2D eigenvalue weighted by atomic mass is 10.0. The molecule has 4 amide bonds. The topological polar surface area (TPSA) is 296 Å². The van der Waals surface area contributed by atoms with Crippen LogP contribution in [0.5, 0.6) is 11.5 Å². The number of likely N-dealkylation sites (tertiary alicyclic amines) is 2. The highest BCUT2D eigenvalue weighted by molar-refractivity contribution is 7.89. The molecule has 8 N–H and O–H groups in total. The van der Waals surface area contributed by atoms with E-state index >= 15 is 0 Å². The number of sulfonamides is 2. The summed E-state index contributed by atoms with van der Waals surface area (Å²) in [6, 6.07) is 24.2. The van der Waals surface area contributed by atoms with Gasteiger partial charge in [-0.3, -0.25) is 19.6 Å². The van der Waals surface area contributed by atoms with E-state index in [1.165, 1.54) is 0 Å². The number of hydrogen-bond donors (Lipinski definition) is 8. The van der Waals surface area contributed by atoms with E-state index in [1.54, 1.807) is 60.7 Å². The predicted molar refractivity (Wildman–Crippen MR) is 349 cm³/mol. The molecule has 0 aromatic heterocycles.